The van der Waals surface area contributed by atoms with Gasteiger partial charge in [-0.05, 0) is 37.5 Å². The van der Waals surface area contributed by atoms with Gasteiger partial charge in [-0.3, -0.25) is 0 Å². The Bertz CT molecular complexity index is 168. The molecule has 0 aromatic heterocycles. The van der Waals surface area contributed by atoms with Gasteiger partial charge >= 0.3 is 0 Å². The molecule has 76 valence electrons. The maximum atomic E-state index is 3.83. The summed E-state index contributed by atoms with van der Waals surface area (Å²) in [6.07, 6.45) is 9.97. The quantitative estimate of drug-likeness (QED) is 0.690. The van der Waals surface area contributed by atoms with Gasteiger partial charge in [0.1, 0.15) is 0 Å². The van der Waals surface area contributed by atoms with Gasteiger partial charge in [-0.2, -0.15) is 0 Å². The lowest BCUT2D eigenvalue weighted by Crippen LogP contribution is -2.35. The molecule has 0 heterocycles. The molecular weight excluding hydrogens is 158 g/mol. The monoisotopic (exact) mass is 181 g/mol. The number of hydrogen-bond acceptors (Lipinski definition) is 1. The summed E-state index contributed by atoms with van der Waals surface area (Å²) >= 11 is 0. The molecule has 1 N–H and O–H groups in total. The number of nitrogens with one attached hydrogen (secondary N) is 1. The molecule has 0 radical (unpaired) electrons. The highest BCUT2D eigenvalue weighted by Gasteiger charge is 2.32. The highest BCUT2D eigenvalue weighted by Crippen LogP contribution is 2.37. The summed E-state index contributed by atoms with van der Waals surface area (Å²) in [6.45, 7) is 4.81. The van der Waals surface area contributed by atoms with Crippen LogP contribution in [0.15, 0.2) is 0 Å². The van der Waals surface area contributed by atoms with E-state index in [1.165, 1.54) is 44.9 Å². The van der Waals surface area contributed by atoms with E-state index in [0.29, 0.717) is 5.41 Å². The largest absolute Gasteiger partial charge is 0.311 e. The van der Waals surface area contributed by atoms with Crippen LogP contribution in [0.2, 0.25) is 0 Å². The summed E-state index contributed by atoms with van der Waals surface area (Å²) in [5, 5.41) is 3.83. The Balaban J connectivity index is 1.77. The minimum atomic E-state index is 0.607. The van der Waals surface area contributed by atoms with Gasteiger partial charge in [-0.25, -0.2) is 0 Å². The van der Waals surface area contributed by atoms with Crippen molar-refractivity contribution in [2.75, 3.05) is 0 Å². The first-order chi connectivity index (χ1) is 6.16. The second kappa shape index (κ2) is 3.61. The first-order valence-electron chi connectivity index (χ1n) is 5.92. The molecule has 0 aromatic carbocycles. The Hall–Kier alpha value is -0.0400. The third-order valence-electron chi connectivity index (χ3n) is 3.80. The van der Waals surface area contributed by atoms with Gasteiger partial charge in [0.05, 0.1) is 0 Å². The van der Waals surface area contributed by atoms with Gasteiger partial charge in [0.2, 0.25) is 0 Å². The van der Waals surface area contributed by atoms with Gasteiger partial charge in [0, 0.05) is 12.1 Å². The van der Waals surface area contributed by atoms with Crippen molar-refractivity contribution in [2.45, 2.75) is 70.9 Å². The molecule has 2 fully saturated rings. The minimum Gasteiger partial charge on any atom is -0.311 e. The van der Waals surface area contributed by atoms with Gasteiger partial charge in [0.25, 0.3) is 0 Å². The van der Waals surface area contributed by atoms with Crippen molar-refractivity contribution in [3.05, 3.63) is 0 Å². The Labute approximate surface area is 82.3 Å². The molecule has 0 aromatic rings. The van der Waals surface area contributed by atoms with Gasteiger partial charge in [-0.1, -0.05) is 26.7 Å². The van der Waals surface area contributed by atoms with Crippen LogP contribution in [0.3, 0.4) is 0 Å². The van der Waals surface area contributed by atoms with E-state index in [0.717, 1.165) is 12.1 Å². The van der Waals surface area contributed by atoms with Crippen LogP contribution in [0.25, 0.3) is 0 Å². The molecule has 13 heavy (non-hydrogen) atoms. The average Bonchev–Trinajstić information content (AvgIpc) is 2.61. The van der Waals surface area contributed by atoms with E-state index < -0.39 is 0 Å². The first-order valence-corrected chi connectivity index (χ1v) is 5.92. The van der Waals surface area contributed by atoms with Crippen LogP contribution in [0, 0.1) is 5.41 Å². The third-order valence-corrected chi connectivity index (χ3v) is 3.80. The SMILES string of the molecule is CC1(C)CCC(NC2CCCC2)C1. The predicted molar refractivity (Wildman–Crippen MR) is 56.8 cm³/mol. The second-order valence-corrected chi connectivity index (χ2v) is 5.75. The van der Waals surface area contributed by atoms with Crippen LogP contribution in [0.1, 0.15) is 58.8 Å². The molecule has 2 saturated carbocycles. The van der Waals surface area contributed by atoms with E-state index in [2.05, 4.69) is 19.2 Å². The van der Waals surface area contributed by atoms with Gasteiger partial charge in [0.15, 0.2) is 0 Å². The lowest BCUT2D eigenvalue weighted by atomic mass is 9.92. The van der Waals surface area contributed by atoms with Crippen LogP contribution in [0.4, 0.5) is 0 Å². The zero-order valence-corrected chi connectivity index (χ0v) is 9.10. The molecule has 1 unspecified atom stereocenters. The van der Waals surface area contributed by atoms with E-state index in [1.807, 2.05) is 0 Å². The normalized spacial score (nSPS) is 34.2. The first kappa shape index (κ1) is 9.51. The zero-order chi connectivity index (χ0) is 9.31. The fourth-order valence-electron chi connectivity index (χ4n) is 3.00. The van der Waals surface area contributed by atoms with Crippen LogP contribution >= 0.6 is 0 Å². The van der Waals surface area contributed by atoms with E-state index in [1.54, 1.807) is 0 Å². The molecule has 2 aliphatic carbocycles. The van der Waals surface area contributed by atoms with Crippen molar-refractivity contribution >= 4 is 0 Å². The van der Waals surface area contributed by atoms with Crippen LogP contribution < -0.4 is 5.32 Å². The highest BCUT2D eigenvalue weighted by atomic mass is 15.0. The number of rotatable bonds is 2. The third kappa shape index (κ3) is 2.46. The van der Waals surface area contributed by atoms with Crippen LogP contribution in [0.5, 0.6) is 0 Å². The summed E-state index contributed by atoms with van der Waals surface area (Å²) in [4.78, 5) is 0. The van der Waals surface area contributed by atoms with Crippen molar-refractivity contribution in [2.24, 2.45) is 5.41 Å². The molecule has 0 aliphatic heterocycles. The fraction of sp³-hybridized carbons (Fsp3) is 1.00. The summed E-state index contributed by atoms with van der Waals surface area (Å²) in [6, 6.07) is 1.69. The lowest BCUT2D eigenvalue weighted by Gasteiger charge is -2.21. The second-order valence-electron chi connectivity index (χ2n) is 5.75. The van der Waals surface area contributed by atoms with Crippen molar-refractivity contribution in [3.63, 3.8) is 0 Å². The summed E-state index contributed by atoms with van der Waals surface area (Å²) < 4.78 is 0. The minimum absolute atomic E-state index is 0.607. The van der Waals surface area contributed by atoms with Gasteiger partial charge in [-0.15, -0.1) is 0 Å². The average molecular weight is 181 g/mol. The molecule has 1 atom stereocenters. The van der Waals surface area contributed by atoms with Crippen LogP contribution in [-0.2, 0) is 0 Å². The Morgan fingerprint density at radius 1 is 1.00 bits per heavy atom. The van der Waals surface area contributed by atoms with E-state index in [9.17, 15) is 0 Å². The molecule has 0 saturated heterocycles. The molecule has 0 spiro atoms. The predicted octanol–water partition coefficient (Wildman–Crippen LogP) is 3.10. The fourth-order valence-corrected chi connectivity index (χ4v) is 3.00. The molecule has 2 aliphatic rings. The van der Waals surface area contributed by atoms with Crippen molar-refractivity contribution < 1.29 is 0 Å². The summed E-state index contributed by atoms with van der Waals surface area (Å²) in [7, 11) is 0. The molecule has 2 rings (SSSR count). The van der Waals surface area contributed by atoms with E-state index in [-0.39, 0.29) is 0 Å². The smallest absolute Gasteiger partial charge is 0.00749 e. The van der Waals surface area contributed by atoms with E-state index in [4.69, 9.17) is 0 Å². The van der Waals surface area contributed by atoms with Crippen LogP contribution in [-0.4, -0.2) is 12.1 Å². The molecule has 0 bridgehead atoms. The van der Waals surface area contributed by atoms with Gasteiger partial charge < -0.3 is 5.32 Å². The summed E-state index contributed by atoms with van der Waals surface area (Å²) in [5.41, 5.74) is 0.607. The highest BCUT2D eigenvalue weighted by molar-refractivity contribution is 4.89. The Morgan fingerprint density at radius 2 is 1.69 bits per heavy atom. The molecule has 1 nitrogen and oxygen atoms in total. The zero-order valence-electron chi connectivity index (χ0n) is 9.10. The topological polar surface area (TPSA) is 12.0 Å². The maximum absolute atomic E-state index is 3.83. The van der Waals surface area contributed by atoms with Crippen molar-refractivity contribution in [3.8, 4) is 0 Å². The Kier molecular flexibility index (Phi) is 2.64. The Morgan fingerprint density at radius 3 is 2.23 bits per heavy atom. The lowest BCUT2D eigenvalue weighted by molar-refractivity contribution is 0.352. The van der Waals surface area contributed by atoms with E-state index >= 15 is 0 Å². The molecular formula is C12H23N. The summed E-state index contributed by atoms with van der Waals surface area (Å²) in [5.74, 6) is 0. The molecule has 0 amide bonds. The maximum Gasteiger partial charge on any atom is 0.00749 e. The van der Waals surface area contributed by atoms with Crippen molar-refractivity contribution in [1.82, 2.24) is 5.32 Å². The number of hydrogen-bond donors (Lipinski definition) is 1. The molecule has 1 heteroatoms. The van der Waals surface area contributed by atoms with Crippen molar-refractivity contribution in [1.29, 1.82) is 0 Å². The standard InChI is InChI=1S/C12H23N/c1-12(2)8-7-11(9-12)13-10-5-3-4-6-10/h10-11,13H,3-9H2,1-2H3.